The SMILES string of the molecule is CC(=O)c1cc(C2CC2)c(OCC2CCCC(F)(F)C2)cc1F. The van der Waals surface area contributed by atoms with Gasteiger partial charge in [0, 0.05) is 18.9 Å². The highest BCUT2D eigenvalue weighted by Crippen LogP contribution is 2.45. The molecule has 0 radical (unpaired) electrons. The molecular weight excluding hydrogens is 305 g/mol. The number of benzene rings is 1. The lowest BCUT2D eigenvalue weighted by Crippen LogP contribution is -2.29. The van der Waals surface area contributed by atoms with E-state index in [0.29, 0.717) is 18.6 Å². The summed E-state index contributed by atoms with van der Waals surface area (Å²) in [6, 6.07) is 2.81. The van der Waals surface area contributed by atoms with Crippen molar-refractivity contribution in [1.82, 2.24) is 0 Å². The van der Waals surface area contributed by atoms with Gasteiger partial charge in [-0.1, -0.05) is 0 Å². The molecule has 0 aromatic heterocycles. The highest BCUT2D eigenvalue weighted by molar-refractivity contribution is 5.94. The summed E-state index contributed by atoms with van der Waals surface area (Å²) in [5.41, 5.74) is 0.905. The maximum atomic E-state index is 14.0. The quantitative estimate of drug-likeness (QED) is 0.703. The zero-order chi connectivity index (χ0) is 16.6. The Labute approximate surface area is 134 Å². The average Bonchev–Trinajstić information content (AvgIpc) is 3.28. The highest BCUT2D eigenvalue weighted by Gasteiger charge is 2.36. The van der Waals surface area contributed by atoms with Crippen LogP contribution in [-0.2, 0) is 0 Å². The highest BCUT2D eigenvalue weighted by atomic mass is 19.3. The Morgan fingerprint density at radius 1 is 1.30 bits per heavy atom. The van der Waals surface area contributed by atoms with Crippen molar-refractivity contribution >= 4 is 5.78 Å². The van der Waals surface area contributed by atoms with Gasteiger partial charge in [0.25, 0.3) is 0 Å². The van der Waals surface area contributed by atoms with E-state index in [0.717, 1.165) is 18.4 Å². The predicted octanol–water partition coefficient (Wildman–Crippen LogP) is 5.11. The Bertz CT molecular complexity index is 609. The lowest BCUT2D eigenvalue weighted by molar-refractivity contribution is -0.0586. The van der Waals surface area contributed by atoms with Gasteiger partial charge in [0.2, 0.25) is 5.92 Å². The number of Topliss-reactive ketones (excluding diaryl/α,β-unsaturated/α-hetero) is 1. The van der Waals surface area contributed by atoms with E-state index in [1.807, 2.05) is 0 Å². The van der Waals surface area contributed by atoms with Gasteiger partial charge >= 0.3 is 0 Å². The van der Waals surface area contributed by atoms with E-state index in [-0.39, 0.29) is 42.6 Å². The molecule has 1 aromatic rings. The Morgan fingerprint density at radius 2 is 2.04 bits per heavy atom. The third-order valence-corrected chi connectivity index (χ3v) is 4.71. The van der Waals surface area contributed by atoms with Crippen LogP contribution in [0.4, 0.5) is 13.2 Å². The van der Waals surface area contributed by atoms with Crippen LogP contribution in [0.25, 0.3) is 0 Å². The summed E-state index contributed by atoms with van der Waals surface area (Å²) in [4.78, 5) is 11.5. The van der Waals surface area contributed by atoms with Crippen molar-refractivity contribution in [3.05, 3.63) is 29.1 Å². The second kappa shape index (κ2) is 6.17. The van der Waals surface area contributed by atoms with Crippen molar-refractivity contribution in [2.45, 2.75) is 57.3 Å². The van der Waals surface area contributed by atoms with Crippen molar-refractivity contribution in [2.24, 2.45) is 5.92 Å². The van der Waals surface area contributed by atoms with E-state index in [2.05, 4.69) is 0 Å². The Morgan fingerprint density at radius 3 is 2.65 bits per heavy atom. The lowest BCUT2D eigenvalue weighted by atomic mass is 9.87. The van der Waals surface area contributed by atoms with Crippen LogP contribution in [0.3, 0.4) is 0 Å². The van der Waals surface area contributed by atoms with Crippen LogP contribution in [0, 0.1) is 11.7 Å². The number of ether oxygens (including phenoxy) is 1. The zero-order valence-electron chi connectivity index (χ0n) is 13.2. The van der Waals surface area contributed by atoms with Crippen LogP contribution in [0.2, 0.25) is 0 Å². The first-order chi connectivity index (χ1) is 10.9. The topological polar surface area (TPSA) is 26.3 Å². The number of hydrogen-bond donors (Lipinski definition) is 0. The molecule has 0 spiro atoms. The number of hydrogen-bond acceptors (Lipinski definition) is 2. The summed E-state index contributed by atoms with van der Waals surface area (Å²) in [5, 5.41) is 0. The van der Waals surface area contributed by atoms with E-state index >= 15 is 0 Å². The van der Waals surface area contributed by atoms with E-state index in [1.54, 1.807) is 6.07 Å². The molecule has 0 amide bonds. The standard InChI is InChI=1S/C18H21F3O2/c1-11(22)14-7-15(13-4-5-13)17(8-16(14)19)23-10-12-3-2-6-18(20,21)9-12/h7-8,12-13H,2-6,9-10H2,1H3. The Balaban J connectivity index is 1.74. The number of carbonyl (C=O) groups is 1. The molecule has 0 bridgehead atoms. The molecule has 0 N–H and O–H groups in total. The van der Waals surface area contributed by atoms with Gasteiger partial charge in [-0.05, 0) is 56.1 Å². The Kier molecular flexibility index (Phi) is 4.39. The molecule has 2 saturated carbocycles. The molecule has 3 rings (SSSR count). The van der Waals surface area contributed by atoms with E-state index in [1.165, 1.54) is 13.0 Å². The largest absolute Gasteiger partial charge is 0.493 e. The van der Waals surface area contributed by atoms with Gasteiger partial charge in [-0.25, -0.2) is 13.2 Å². The predicted molar refractivity (Wildman–Crippen MR) is 80.8 cm³/mol. The maximum absolute atomic E-state index is 14.0. The molecular formula is C18H21F3O2. The fourth-order valence-corrected chi connectivity index (χ4v) is 3.31. The number of alkyl halides is 2. The van der Waals surface area contributed by atoms with Crippen LogP contribution in [0.15, 0.2) is 12.1 Å². The minimum Gasteiger partial charge on any atom is -0.493 e. The molecule has 1 aromatic carbocycles. The fourth-order valence-electron chi connectivity index (χ4n) is 3.31. The van der Waals surface area contributed by atoms with Gasteiger partial charge in [0.05, 0.1) is 12.2 Å². The smallest absolute Gasteiger partial charge is 0.248 e. The second-order valence-electron chi connectivity index (χ2n) is 6.83. The van der Waals surface area contributed by atoms with Gasteiger partial charge in [-0.3, -0.25) is 4.79 Å². The Hall–Kier alpha value is -1.52. The van der Waals surface area contributed by atoms with E-state index in [9.17, 15) is 18.0 Å². The number of ketones is 1. The molecule has 2 aliphatic carbocycles. The molecule has 1 unspecified atom stereocenters. The fraction of sp³-hybridized carbons (Fsp3) is 0.611. The number of carbonyl (C=O) groups excluding carboxylic acids is 1. The number of halogens is 3. The summed E-state index contributed by atoms with van der Waals surface area (Å²) in [6.07, 6.45) is 2.96. The van der Waals surface area contributed by atoms with Gasteiger partial charge in [-0.2, -0.15) is 0 Å². The van der Waals surface area contributed by atoms with Gasteiger partial charge in [0.15, 0.2) is 5.78 Å². The molecule has 0 heterocycles. The van der Waals surface area contributed by atoms with Gasteiger partial charge in [0.1, 0.15) is 11.6 Å². The molecule has 2 aliphatic rings. The van der Waals surface area contributed by atoms with Gasteiger partial charge < -0.3 is 4.74 Å². The second-order valence-corrected chi connectivity index (χ2v) is 6.83. The van der Waals surface area contributed by atoms with Gasteiger partial charge in [-0.15, -0.1) is 0 Å². The van der Waals surface area contributed by atoms with Crippen LogP contribution < -0.4 is 4.74 Å². The van der Waals surface area contributed by atoms with Crippen molar-refractivity contribution in [3.8, 4) is 5.75 Å². The molecule has 23 heavy (non-hydrogen) atoms. The van der Waals surface area contributed by atoms with Crippen molar-refractivity contribution < 1.29 is 22.7 Å². The van der Waals surface area contributed by atoms with Crippen LogP contribution in [0.5, 0.6) is 5.75 Å². The average molecular weight is 326 g/mol. The molecule has 1 atom stereocenters. The first-order valence-corrected chi connectivity index (χ1v) is 8.21. The third-order valence-electron chi connectivity index (χ3n) is 4.71. The van der Waals surface area contributed by atoms with Crippen LogP contribution >= 0.6 is 0 Å². The molecule has 5 heteroatoms. The minimum absolute atomic E-state index is 0.0568. The molecule has 0 saturated heterocycles. The summed E-state index contributed by atoms with van der Waals surface area (Å²) < 4.78 is 46.6. The molecule has 2 fully saturated rings. The zero-order valence-corrected chi connectivity index (χ0v) is 13.2. The summed E-state index contributed by atoms with van der Waals surface area (Å²) >= 11 is 0. The van der Waals surface area contributed by atoms with Crippen molar-refractivity contribution in [2.75, 3.05) is 6.61 Å². The normalized spacial score (nSPS) is 23.6. The summed E-state index contributed by atoms with van der Waals surface area (Å²) in [5.74, 6) is -3.05. The van der Waals surface area contributed by atoms with E-state index in [4.69, 9.17) is 4.74 Å². The lowest BCUT2D eigenvalue weighted by Gasteiger charge is -2.29. The summed E-state index contributed by atoms with van der Waals surface area (Å²) in [6.45, 7) is 1.51. The summed E-state index contributed by atoms with van der Waals surface area (Å²) in [7, 11) is 0. The van der Waals surface area contributed by atoms with E-state index < -0.39 is 11.7 Å². The van der Waals surface area contributed by atoms with Crippen molar-refractivity contribution in [3.63, 3.8) is 0 Å². The van der Waals surface area contributed by atoms with Crippen LogP contribution in [-0.4, -0.2) is 18.3 Å². The molecule has 126 valence electrons. The molecule has 0 aliphatic heterocycles. The monoisotopic (exact) mass is 326 g/mol. The maximum Gasteiger partial charge on any atom is 0.248 e. The minimum atomic E-state index is -2.62. The molecule has 2 nitrogen and oxygen atoms in total. The third kappa shape index (κ3) is 3.88. The van der Waals surface area contributed by atoms with Crippen LogP contribution in [0.1, 0.15) is 67.3 Å². The first-order valence-electron chi connectivity index (χ1n) is 8.21. The van der Waals surface area contributed by atoms with Crippen molar-refractivity contribution in [1.29, 1.82) is 0 Å². The first kappa shape index (κ1) is 16.3. The number of rotatable bonds is 5.